The number of likely N-dealkylation sites (tertiary alicyclic amines) is 1. The number of nitrogens with zero attached hydrogens (tertiary/aromatic N) is 2. The molecule has 2 amide bonds. The van der Waals surface area contributed by atoms with Crippen LogP contribution in [0, 0.1) is 11.8 Å². The molecule has 0 saturated carbocycles. The monoisotopic (exact) mass is 287 g/mol. The number of likely N-dealkylation sites (N-methyl/N-ethyl adjacent to an activating group) is 1. The van der Waals surface area contributed by atoms with Crippen molar-refractivity contribution in [3.05, 3.63) is 0 Å². The number of carbonyl (C=O) groups excluding carboxylic acids is 1. The van der Waals surface area contributed by atoms with Gasteiger partial charge in [0.1, 0.15) is 0 Å². The first-order chi connectivity index (χ1) is 9.41. The molecule has 2 N–H and O–H groups in total. The number of carboxylic acid groups (broad SMARTS) is 1. The highest BCUT2D eigenvalue weighted by Crippen LogP contribution is 2.22. The van der Waals surface area contributed by atoms with Gasteiger partial charge in [-0.3, -0.25) is 4.79 Å². The maximum atomic E-state index is 11.9. The van der Waals surface area contributed by atoms with E-state index in [0.29, 0.717) is 26.3 Å². The van der Waals surface area contributed by atoms with E-state index in [1.807, 2.05) is 25.9 Å². The number of amides is 2. The van der Waals surface area contributed by atoms with Crippen LogP contribution in [0.5, 0.6) is 0 Å². The van der Waals surface area contributed by atoms with Gasteiger partial charge < -0.3 is 25.0 Å². The van der Waals surface area contributed by atoms with Gasteiger partial charge in [0.05, 0.1) is 19.1 Å². The number of nitrogens with one attached hydrogen (secondary N) is 1. The average molecular weight is 287 g/mol. The predicted molar refractivity (Wildman–Crippen MR) is 74.6 cm³/mol. The van der Waals surface area contributed by atoms with Crippen molar-refractivity contribution < 1.29 is 19.4 Å². The zero-order valence-electron chi connectivity index (χ0n) is 12.5. The molecule has 1 saturated heterocycles. The molecule has 0 radical (unpaired) electrons. The third kappa shape index (κ3) is 5.34. The van der Waals surface area contributed by atoms with Crippen LogP contribution in [-0.4, -0.2) is 80.4 Å². The number of ether oxygens (including phenoxy) is 1. The second-order valence-electron chi connectivity index (χ2n) is 5.47. The summed E-state index contributed by atoms with van der Waals surface area (Å²) in [5.74, 6) is -1.30. The van der Waals surface area contributed by atoms with Gasteiger partial charge in [0.25, 0.3) is 0 Å². The van der Waals surface area contributed by atoms with Crippen LogP contribution in [0.25, 0.3) is 0 Å². The quantitative estimate of drug-likeness (QED) is 0.640. The summed E-state index contributed by atoms with van der Waals surface area (Å²) in [6.07, 6.45) is 0. The number of urea groups is 1. The van der Waals surface area contributed by atoms with Crippen molar-refractivity contribution in [1.82, 2.24) is 15.1 Å². The first-order valence-corrected chi connectivity index (χ1v) is 6.90. The molecule has 0 aromatic heterocycles. The molecule has 1 fully saturated rings. The van der Waals surface area contributed by atoms with Crippen molar-refractivity contribution in [2.45, 2.75) is 6.92 Å². The Balaban J connectivity index is 2.16. The standard InChI is InChI=1S/C13H25N3O4/c1-10-8-16(9-11(10)12(17)18)13(19)14-4-6-20-7-5-15(2)3/h10-11H,4-9H2,1-3H3,(H,14,19)(H,17,18). The summed E-state index contributed by atoms with van der Waals surface area (Å²) in [7, 11) is 3.94. The number of hydrogen-bond acceptors (Lipinski definition) is 4. The summed E-state index contributed by atoms with van der Waals surface area (Å²) >= 11 is 0. The van der Waals surface area contributed by atoms with Crippen LogP contribution in [0.1, 0.15) is 6.92 Å². The maximum absolute atomic E-state index is 11.9. The molecule has 0 aromatic carbocycles. The van der Waals surface area contributed by atoms with Gasteiger partial charge in [-0.15, -0.1) is 0 Å². The topological polar surface area (TPSA) is 82.1 Å². The van der Waals surface area contributed by atoms with Crippen LogP contribution in [0.3, 0.4) is 0 Å². The highest BCUT2D eigenvalue weighted by Gasteiger charge is 2.36. The minimum absolute atomic E-state index is 0.00501. The third-order valence-corrected chi connectivity index (χ3v) is 3.42. The molecule has 1 heterocycles. The van der Waals surface area contributed by atoms with Crippen LogP contribution < -0.4 is 5.32 Å². The molecule has 0 aliphatic carbocycles. The van der Waals surface area contributed by atoms with E-state index in [4.69, 9.17) is 9.84 Å². The van der Waals surface area contributed by atoms with E-state index in [1.54, 1.807) is 4.90 Å². The zero-order chi connectivity index (χ0) is 15.1. The summed E-state index contributed by atoms with van der Waals surface area (Å²) < 4.78 is 5.37. The van der Waals surface area contributed by atoms with E-state index < -0.39 is 11.9 Å². The lowest BCUT2D eigenvalue weighted by Crippen LogP contribution is -2.40. The molecule has 1 aliphatic heterocycles. The third-order valence-electron chi connectivity index (χ3n) is 3.42. The molecule has 7 nitrogen and oxygen atoms in total. The Hall–Kier alpha value is -1.34. The first-order valence-electron chi connectivity index (χ1n) is 6.90. The normalized spacial score (nSPS) is 22.3. The van der Waals surface area contributed by atoms with Crippen LogP contribution in [-0.2, 0) is 9.53 Å². The summed E-state index contributed by atoms with van der Waals surface area (Å²) in [6.45, 7) is 5.01. The number of carboxylic acids is 1. The largest absolute Gasteiger partial charge is 0.481 e. The summed E-state index contributed by atoms with van der Waals surface area (Å²) in [5, 5.41) is 11.8. The number of hydrogen-bond donors (Lipinski definition) is 2. The van der Waals surface area contributed by atoms with E-state index in [1.165, 1.54) is 0 Å². The Morgan fingerprint density at radius 1 is 1.35 bits per heavy atom. The van der Waals surface area contributed by atoms with Gasteiger partial charge in [0.2, 0.25) is 0 Å². The lowest BCUT2D eigenvalue weighted by atomic mass is 9.99. The summed E-state index contributed by atoms with van der Waals surface area (Å²) in [6, 6.07) is -0.211. The van der Waals surface area contributed by atoms with E-state index in [2.05, 4.69) is 5.32 Å². The number of aliphatic carboxylic acids is 1. The zero-order valence-corrected chi connectivity index (χ0v) is 12.5. The Morgan fingerprint density at radius 3 is 2.60 bits per heavy atom. The van der Waals surface area contributed by atoms with Gasteiger partial charge in [-0.05, 0) is 20.0 Å². The molecule has 0 spiro atoms. The number of carbonyl (C=O) groups is 2. The average Bonchev–Trinajstić information content (AvgIpc) is 2.75. The van der Waals surface area contributed by atoms with Gasteiger partial charge in [-0.1, -0.05) is 6.92 Å². The van der Waals surface area contributed by atoms with Crippen molar-refractivity contribution in [3.8, 4) is 0 Å². The van der Waals surface area contributed by atoms with E-state index in [-0.39, 0.29) is 18.5 Å². The lowest BCUT2D eigenvalue weighted by molar-refractivity contribution is -0.142. The molecule has 7 heteroatoms. The molecule has 1 rings (SSSR count). The molecule has 2 unspecified atom stereocenters. The van der Waals surface area contributed by atoms with Crippen LogP contribution >= 0.6 is 0 Å². The highest BCUT2D eigenvalue weighted by atomic mass is 16.5. The van der Waals surface area contributed by atoms with Crippen molar-refractivity contribution in [3.63, 3.8) is 0 Å². The van der Waals surface area contributed by atoms with Gasteiger partial charge in [-0.2, -0.15) is 0 Å². The van der Waals surface area contributed by atoms with Gasteiger partial charge in [0, 0.05) is 26.2 Å². The SMILES string of the molecule is CC1CN(C(=O)NCCOCCN(C)C)CC1C(=O)O. The second-order valence-corrected chi connectivity index (χ2v) is 5.47. The lowest BCUT2D eigenvalue weighted by Gasteiger charge is -2.17. The molecule has 0 bridgehead atoms. The van der Waals surface area contributed by atoms with Crippen molar-refractivity contribution in [2.75, 3.05) is 53.5 Å². The predicted octanol–water partition coefficient (Wildman–Crippen LogP) is -0.0733. The van der Waals surface area contributed by atoms with Gasteiger partial charge in [-0.25, -0.2) is 4.79 Å². The smallest absolute Gasteiger partial charge is 0.317 e. The van der Waals surface area contributed by atoms with E-state index in [9.17, 15) is 9.59 Å². The van der Waals surface area contributed by atoms with Crippen LogP contribution in [0.4, 0.5) is 4.79 Å². The Morgan fingerprint density at radius 2 is 2.05 bits per heavy atom. The van der Waals surface area contributed by atoms with E-state index >= 15 is 0 Å². The second kappa shape index (κ2) is 8.06. The molecule has 1 aliphatic rings. The minimum Gasteiger partial charge on any atom is -0.481 e. The molecule has 20 heavy (non-hydrogen) atoms. The maximum Gasteiger partial charge on any atom is 0.317 e. The molecule has 116 valence electrons. The molecular weight excluding hydrogens is 262 g/mol. The Bertz CT molecular complexity index is 336. The van der Waals surface area contributed by atoms with Crippen molar-refractivity contribution in [2.24, 2.45) is 11.8 Å². The molecule has 2 atom stereocenters. The van der Waals surface area contributed by atoms with Gasteiger partial charge >= 0.3 is 12.0 Å². The fourth-order valence-electron chi connectivity index (χ4n) is 2.15. The molecular formula is C13H25N3O4. The van der Waals surface area contributed by atoms with E-state index in [0.717, 1.165) is 6.54 Å². The fourth-order valence-corrected chi connectivity index (χ4v) is 2.15. The van der Waals surface area contributed by atoms with Crippen molar-refractivity contribution in [1.29, 1.82) is 0 Å². The van der Waals surface area contributed by atoms with Crippen molar-refractivity contribution >= 4 is 12.0 Å². The fraction of sp³-hybridized carbons (Fsp3) is 0.846. The first kappa shape index (κ1) is 16.7. The Labute approximate surface area is 119 Å². The summed E-state index contributed by atoms with van der Waals surface area (Å²) in [5.41, 5.74) is 0. The van der Waals surface area contributed by atoms with Crippen LogP contribution in [0.15, 0.2) is 0 Å². The van der Waals surface area contributed by atoms with Gasteiger partial charge in [0.15, 0.2) is 0 Å². The molecule has 0 aromatic rings. The van der Waals surface area contributed by atoms with Crippen LogP contribution in [0.2, 0.25) is 0 Å². The minimum atomic E-state index is -0.834. The summed E-state index contributed by atoms with van der Waals surface area (Å²) in [4.78, 5) is 26.4. The number of rotatable bonds is 7. The highest BCUT2D eigenvalue weighted by molar-refractivity contribution is 5.77. The Kier molecular flexibility index (Phi) is 6.74.